The summed E-state index contributed by atoms with van der Waals surface area (Å²) in [5, 5.41) is 7.72. The first-order chi connectivity index (χ1) is 7.74. The SMILES string of the molecule is N#Cc1nc(C(F)F)cc(Cl)c1OC(F)(F)F. The van der Waals surface area contributed by atoms with Gasteiger partial charge in [0.1, 0.15) is 11.8 Å². The molecule has 0 amide bonds. The molecule has 1 rings (SSSR count). The fourth-order valence-electron chi connectivity index (χ4n) is 0.921. The van der Waals surface area contributed by atoms with Gasteiger partial charge in [-0.25, -0.2) is 13.8 Å². The Morgan fingerprint density at radius 2 is 2.00 bits per heavy atom. The van der Waals surface area contributed by atoms with Crippen LogP contribution < -0.4 is 4.74 Å². The van der Waals surface area contributed by atoms with Crippen molar-refractivity contribution in [3.8, 4) is 11.8 Å². The second kappa shape index (κ2) is 4.71. The summed E-state index contributed by atoms with van der Waals surface area (Å²) in [7, 11) is 0. The standard InChI is InChI=1S/C8H2ClF5N2O/c9-3-1-4(7(10)11)16-5(2-15)6(3)17-8(12,13)14/h1,7H. The van der Waals surface area contributed by atoms with Crippen LogP contribution in [0.2, 0.25) is 5.02 Å². The average Bonchev–Trinajstić information content (AvgIpc) is 2.18. The molecule has 0 spiro atoms. The molecule has 0 radical (unpaired) electrons. The van der Waals surface area contributed by atoms with Crippen LogP contribution >= 0.6 is 11.6 Å². The van der Waals surface area contributed by atoms with Crippen molar-refractivity contribution in [3.05, 3.63) is 22.5 Å². The topological polar surface area (TPSA) is 45.9 Å². The van der Waals surface area contributed by atoms with Crippen LogP contribution in [-0.4, -0.2) is 11.3 Å². The van der Waals surface area contributed by atoms with E-state index in [2.05, 4.69) is 9.72 Å². The number of pyridine rings is 1. The molecule has 0 aliphatic rings. The number of aromatic nitrogens is 1. The maximum atomic E-state index is 12.2. The fraction of sp³-hybridized carbons (Fsp3) is 0.250. The molecule has 92 valence electrons. The summed E-state index contributed by atoms with van der Waals surface area (Å²) < 4.78 is 63.7. The van der Waals surface area contributed by atoms with Gasteiger partial charge in [-0.2, -0.15) is 5.26 Å². The van der Waals surface area contributed by atoms with Crippen LogP contribution in [0.3, 0.4) is 0 Å². The number of rotatable bonds is 2. The minimum absolute atomic E-state index is 0.508. The second-order valence-corrected chi connectivity index (χ2v) is 3.07. The molecule has 0 aromatic carbocycles. The van der Waals surface area contributed by atoms with Crippen molar-refractivity contribution in [1.29, 1.82) is 5.26 Å². The Labute approximate surface area is 96.4 Å². The van der Waals surface area contributed by atoms with Gasteiger partial charge >= 0.3 is 6.36 Å². The Morgan fingerprint density at radius 1 is 1.41 bits per heavy atom. The first kappa shape index (κ1) is 13.4. The van der Waals surface area contributed by atoms with Gasteiger partial charge in [0.05, 0.1) is 5.02 Å². The van der Waals surface area contributed by atoms with Gasteiger partial charge in [-0.1, -0.05) is 11.6 Å². The Morgan fingerprint density at radius 3 is 2.41 bits per heavy atom. The molecule has 0 fully saturated rings. The molecule has 0 aliphatic carbocycles. The molecule has 1 aromatic heterocycles. The van der Waals surface area contributed by atoms with Crippen molar-refractivity contribution < 1.29 is 26.7 Å². The number of alkyl halides is 5. The zero-order valence-electron chi connectivity index (χ0n) is 7.73. The third kappa shape index (κ3) is 3.42. The van der Waals surface area contributed by atoms with Crippen LogP contribution in [0.15, 0.2) is 6.07 Å². The van der Waals surface area contributed by atoms with Crippen molar-refractivity contribution >= 4 is 11.6 Å². The third-order valence-electron chi connectivity index (χ3n) is 1.49. The first-order valence-electron chi connectivity index (χ1n) is 3.89. The molecule has 0 saturated heterocycles. The van der Waals surface area contributed by atoms with E-state index in [1.54, 1.807) is 0 Å². The largest absolute Gasteiger partial charge is 0.573 e. The molecule has 17 heavy (non-hydrogen) atoms. The predicted molar refractivity (Wildman–Crippen MR) is 45.6 cm³/mol. The van der Waals surface area contributed by atoms with Crippen molar-refractivity contribution in [2.75, 3.05) is 0 Å². The molecule has 0 atom stereocenters. The van der Waals surface area contributed by atoms with Gasteiger partial charge in [0.25, 0.3) is 6.43 Å². The minimum Gasteiger partial charge on any atom is -0.401 e. The van der Waals surface area contributed by atoms with Crippen LogP contribution in [-0.2, 0) is 0 Å². The van der Waals surface area contributed by atoms with E-state index in [4.69, 9.17) is 16.9 Å². The molecule has 0 unspecified atom stereocenters. The Balaban J connectivity index is 3.28. The minimum atomic E-state index is -5.09. The number of ether oxygens (including phenoxy) is 1. The van der Waals surface area contributed by atoms with Crippen molar-refractivity contribution in [3.63, 3.8) is 0 Å². The lowest BCUT2D eigenvalue weighted by molar-refractivity contribution is -0.274. The van der Waals surface area contributed by atoms with Crippen LogP contribution in [0.1, 0.15) is 17.8 Å². The Kier molecular flexibility index (Phi) is 3.72. The molecule has 0 aliphatic heterocycles. The van der Waals surface area contributed by atoms with Crippen LogP contribution in [0.25, 0.3) is 0 Å². The highest BCUT2D eigenvalue weighted by Crippen LogP contribution is 2.34. The number of nitriles is 1. The van der Waals surface area contributed by atoms with E-state index in [0.717, 1.165) is 0 Å². The lowest BCUT2D eigenvalue weighted by Gasteiger charge is -2.12. The summed E-state index contributed by atoms with van der Waals surface area (Å²) in [6.07, 6.45) is -8.15. The normalized spacial score (nSPS) is 11.4. The van der Waals surface area contributed by atoms with Crippen LogP contribution in [0, 0.1) is 11.3 Å². The number of hydrogen-bond donors (Lipinski definition) is 0. The van der Waals surface area contributed by atoms with Gasteiger partial charge in [0.2, 0.25) is 0 Å². The van der Waals surface area contributed by atoms with Crippen molar-refractivity contribution in [2.24, 2.45) is 0 Å². The lowest BCUT2D eigenvalue weighted by Crippen LogP contribution is -2.18. The van der Waals surface area contributed by atoms with Gasteiger partial charge in [0, 0.05) is 0 Å². The quantitative estimate of drug-likeness (QED) is 0.775. The average molecular weight is 273 g/mol. The summed E-state index contributed by atoms with van der Waals surface area (Å²) in [6.45, 7) is 0. The van der Waals surface area contributed by atoms with Gasteiger partial charge in [-0.3, -0.25) is 0 Å². The number of nitrogens with zero attached hydrogens (tertiary/aromatic N) is 2. The van der Waals surface area contributed by atoms with E-state index in [9.17, 15) is 22.0 Å². The predicted octanol–water partition coefficient (Wildman–Crippen LogP) is 3.44. The molecule has 1 heterocycles. The smallest absolute Gasteiger partial charge is 0.401 e. The fourth-order valence-corrected chi connectivity index (χ4v) is 1.16. The Bertz CT molecular complexity index is 468. The highest BCUT2D eigenvalue weighted by molar-refractivity contribution is 6.32. The Hall–Kier alpha value is -1.62. The third-order valence-corrected chi connectivity index (χ3v) is 1.78. The van der Waals surface area contributed by atoms with Gasteiger partial charge in [-0.05, 0) is 6.07 Å². The number of halogens is 6. The second-order valence-electron chi connectivity index (χ2n) is 2.67. The van der Waals surface area contributed by atoms with Crippen molar-refractivity contribution in [1.82, 2.24) is 4.98 Å². The molecular formula is C8H2ClF5N2O. The van der Waals surface area contributed by atoms with E-state index in [0.29, 0.717) is 6.07 Å². The maximum Gasteiger partial charge on any atom is 0.573 e. The molecule has 0 bridgehead atoms. The maximum absolute atomic E-state index is 12.2. The summed E-state index contributed by atoms with van der Waals surface area (Å²) in [4.78, 5) is 3.02. The summed E-state index contributed by atoms with van der Waals surface area (Å²) in [5.74, 6) is -1.09. The van der Waals surface area contributed by atoms with E-state index in [1.807, 2.05) is 0 Å². The zero-order valence-corrected chi connectivity index (χ0v) is 8.48. The monoisotopic (exact) mass is 272 g/mol. The van der Waals surface area contributed by atoms with Crippen molar-refractivity contribution in [2.45, 2.75) is 12.8 Å². The van der Waals surface area contributed by atoms with Gasteiger partial charge in [0.15, 0.2) is 11.4 Å². The summed E-state index contributed by atoms with van der Waals surface area (Å²) in [5.41, 5.74) is -1.86. The lowest BCUT2D eigenvalue weighted by atomic mass is 10.3. The molecule has 3 nitrogen and oxygen atoms in total. The highest BCUT2D eigenvalue weighted by Gasteiger charge is 2.34. The number of hydrogen-bond acceptors (Lipinski definition) is 3. The van der Waals surface area contributed by atoms with Gasteiger partial charge < -0.3 is 4.74 Å². The molecule has 0 saturated carbocycles. The van der Waals surface area contributed by atoms with Crippen LogP contribution in [0.4, 0.5) is 22.0 Å². The molecule has 0 N–H and O–H groups in total. The zero-order chi connectivity index (χ0) is 13.2. The highest BCUT2D eigenvalue weighted by atomic mass is 35.5. The molecule has 1 aromatic rings. The summed E-state index contributed by atoms with van der Waals surface area (Å²) >= 11 is 5.31. The van der Waals surface area contributed by atoms with E-state index < -0.39 is 34.9 Å². The summed E-state index contributed by atoms with van der Waals surface area (Å²) in [6, 6.07) is 1.71. The van der Waals surface area contributed by atoms with Gasteiger partial charge in [-0.15, -0.1) is 13.2 Å². The molecule has 9 heteroatoms. The molecular weight excluding hydrogens is 271 g/mol. The first-order valence-corrected chi connectivity index (χ1v) is 4.27. The van der Waals surface area contributed by atoms with E-state index in [1.165, 1.54) is 6.07 Å². The van der Waals surface area contributed by atoms with Crippen LogP contribution in [0.5, 0.6) is 5.75 Å². The van der Waals surface area contributed by atoms with E-state index in [-0.39, 0.29) is 0 Å². The van der Waals surface area contributed by atoms with E-state index >= 15 is 0 Å².